The van der Waals surface area contributed by atoms with E-state index in [9.17, 15) is 0 Å². The standard InChI is InChI=1S/C15H26N4/c1-11(2)18-6-5-13(10-18)9-15-17-16-14-8-12(3)4-7-19(14)15/h11-13H,4-10H2,1-3H3. The van der Waals surface area contributed by atoms with Crippen molar-refractivity contribution in [3.05, 3.63) is 11.6 Å². The smallest absolute Gasteiger partial charge is 0.133 e. The van der Waals surface area contributed by atoms with Crippen molar-refractivity contribution < 1.29 is 0 Å². The van der Waals surface area contributed by atoms with Crippen LogP contribution in [0.1, 0.15) is 45.3 Å². The summed E-state index contributed by atoms with van der Waals surface area (Å²) in [7, 11) is 0. The number of fused-ring (bicyclic) bond motifs is 1. The van der Waals surface area contributed by atoms with Gasteiger partial charge in [0.1, 0.15) is 11.6 Å². The minimum Gasteiger partial charge on any atom is -0.315 e. The van der Waals surface area contributed by atoms with Crippen LogP contribution in [0.4, 0.5) is 0 Å². The van der Waals surface area contributed by atoms with Crippen molar-refractivity contribution in [2.75, 3.05) is 13.1 Å². The fourth-order valence-electron chi connectivity index (χ4n) is 3.45. The fourth-order valence-corrected chi connectivity index (χ4v) is 3.45. The Morgan fingerprint density at radius 1 is 1.21 bits per heavy atom. The van der Waals surface area contributed by atoms with Crippen LogP contribution in [0.5, 0.6) is 0 Å². The summed E-state index contributed by atoms with van der Waals surface area (Å²) >= 11 is 0. The zero-order valence-electron chi connectivity index (χ0n) is 12.5. The van der Waals surface area contributed by atoms with Gasteiger partial charge in [-0.2, -0.15) is 0 Å². The summed E-state index contributed by atoms with van der Waals surface area (Å²) in [4.78, 5) is 2.58. The minimum absolute atomic E-state index is 0.679. The molecule has 2 aliphatic heterocycles. The van der Waals surface area contributed by atoms with Crippen molar-refractivity contribution in [3.63, 3.8) is 0 Å². The molecule has 0 amide bonds. The van der Waals surface area contributed by atoms with E-state index in [4.69, 9.17) is 0 Å². The average Bonchev–Trinajstić information content (AvgIpc) is 2.97. The Kier molecular flexibility index (Phi) is 3.61. The lowest BCUT2D eigenvalue weighted by Gasteiger charge is -2.22. The molecule has 19 heavy (non-hydrogen) atoms. The van der Waals surface area contributed by atoms with E-state index in [1.165, 1.54) is 37.6 Å². The van der Waals surface area contributed by atoms with Gasteiger partial charge >= 0.3 is 0 Å². The molecule has 0 aromatic carbocycles. The van der Waals surface area contributed by atoms with Gasteiger partial charge in [0.05, 0.1) is 0 Å². The molecule has 2 unspecified atom stereocenters. The highest BCUT2D eigenvalue weighted by Crippen LogP contribution is 2.25. The molecule has 0 radical (unpaired) electrons. The first kappa shape index (κ1) is 13.1. The van der Waals surface area contributed by atoms with Crippen molar-refractivity contribution in [1.82, 2.24) is 19.7 Å². The van der Waals surface area contributed by atoms with Gasteiger partial charge in [0, 0.05) is 32.0 Å². The van der Waals surface area contributed by atoms with Gasteiger partial charge in [-0.15, -0.1) is 10.2 Å². The van der Waals surface area contributed by atoms with Crippen LogP contribution >= 0.6 is 0 Å². The molecule has 1 fully saturated rings. The second-order valence-electron chi connectivity index (χ2n) is 6.73. The van der Waals surface area contributed by atoms with Crippen LogP contribution in [-0.4, -0.2) is 38.8 Å². The lowest BCUT2D eigenvalue weighted by atomic mass is 9.99. The van der Waals surface area contributed by atoms with Gasteiger partial charge < -0.3 is 9.47 Å². The van der Waals surface area contributed by atoms with E-state index in [2.05, 4.69) is 40.4 Å². The van der Waals surface area contributed by atoms with Crippen LogP contribution in [0.3, 0.4) is 0 Å². The van der Waals surface area contributed by atoms with Crippen molar-refractivity contribution in [2.24, 2.45) is 11.8 Å². The van der Waals surface area contributed by atoms with Crippen LogP contribution in [-0.2, 0) is 19.4 Å². The minimum atomic E-state index is 0.679. The molecule has 3 heterocycles. The van der Waals surface area contributed by atoms with Crippen molar-refractivity contribution >= 4 is 0 Å². The van der Waals surface area contributed by atoms with Crippen LogP contribution < -0.4 is 0 Å². The molecule has 4 nitrogen and oxygen atoms in total. The Balaban J connectivity index is 1.65. The Hall–Kier alpha value is -0.900. The second-order valence-corrected chi connectivity index (χ2v) is 6.73. The molecule has 1 saturated heterocycles. The van der Waals surface area contributed by atoms with E-state index >= 15 is 0 Å². The maximum atomic E-state index is 4.46. The Bertz CT molecular complexity index is 437. The topological polar surface area (TPSA) is 34.0 Å². The molecule has 106 valence electrons. The Morgan fingerprint density at radius 2 is 2.05 bits per heavy atom. The maximum absolute atomic E-state index is 4.46. The van der Waals surface area contributed by atoms with Crippen molar-refractivity contribution in [3.8, 4) is 0 Å². The molecule has 3 rings (SSSR count). The van der Waals surface area contributed by atoms with E-state index in [0.717, 1.165) is 31.2 Å². The zero-order valence-corrected chi connectivity index (χ0v) is 12.5. The highest BCUT2D eigenvalue weighted by atomic mass is 15.3. The third kappa shape index (κ3) is 2.69. The quantitative estimate of drug-likeness (QED) is 0.837. The van der Waals surface area contributed by atoms with E-state index in [1.807, 2.05) is 0 Å². The first-order valence-corrected chi connectivity index (χ1v) is 7.78. The number of rotatable bonds is 3. The highest BCUT2D eigenvalue weighted by Gasteiger charge is 2.27. The molecule has 0 bridgehead atoms. The second kappa shape index (κ2) is 5.23. The van der Waals surface area contributed by atoms with Crippen LogP contribution in [0.15, 0.2) is 0 Å². The lowest BCUT2D eigenvalue weighted by Crippen LogP contribution is -2.28. The number of nitrogens with zero attached hydrogens (tertiary/aromatic N) is 4. The van der Waals surface area contributed by atoms with Gasteiger partial charge in [-0.25, -0.2) is 0 Å². The van der Waals surface area contributed by atoms with E-state index in [1.54, 1.807) is 0 Å². The Morgan fingerprint density at radius 3 is 2.79 bits per heavy atom. The average molecular weight is 262 g/mol. The van der Waals surface area contributed by atoms with Crippen molar-refractivity contribution in [1.29, 1.82) is 0 Å². The number of aromatic nitrogens is 3. The zero-order chi connectivity index (χ0) is 13.4. The molecule has 2 aliphatic rings. The SMILES string of the molecule is CC1CCn2c(nnc2CC2CCN(C(C)C)C2)C1. The summed E-state index contributed by atoms with van der Waals surface area (Å²) in [6, 6.07) is 0.679. The molecule has 0 aliphatic carbocycles. The molecular formula is C15H26N4. The van der Waals surface area contributed by atoms with E-state index < -0.39 is 0 Å². The third-order valence-electron chi connectivity index (χ3n) is 4.80. The van der Waals surface area contributed by atoms with Gasteiger partial charge in [-0.1, -0.05) is 6.92 Å². The summed E-state index contributed by atoms with van der Waals surface area (Å²) < 4.78 is 2.39. The summed E-state index contributed by atoms with van der Waals surface area (Å²) in [5, 5.41) is 8.86. The maximum Gasteiger partial charge on any atom is 0.133 e. The summed E-state index contributed by atoms with van der Waals surface area (Å²) in [6.07, 6.45) is 4.82. The fraction of sp³-hybridized carbons (Fsp3) is 0.867. The van der Waals surface area contributed by atoms with Gasteiger partial charge in [-0.05, 0) is 45.1 Å². The monoisotopic (exact) mass is 262 g/mol. The van der Waals surface area contributed by atoms with Gasteiger partial charge in [-0.3, -0.25) is 0 Å². The van der Waals surface area contributed by atoms with Gasteiger partial charge in [0.15, 0.2) is 0 Å². The number of likely N-dealkylation sites (tertiary alicyclic amines) is 1. The van der Waals surface area contributed by atoms with Crippen LogP contribution in [0.2, 0.25) is 0 Å². The van der Waals surface area contributed by atoms with Gasteiger partial charge in [0.25, 0.3) is 0 Å². The van der Waals surface area contributed by atoms with Crippen molar-refractivity contribution in [2.45, 2.75) is 59.0 Å². The van der Waals surface area contributed by atoms with Crippen LogP contribution in [0, 0.1) is 11.8 Å². The number of hydrogen-bond acceptors (Lipinski definition) is 3. The predicted octanol–water partition coefficient (Wildman–Crippen LogP) is 2.13. The third-order valence-corrected chi connectivity index (χ3v) is 4.80. The first-order valence-electron chi connectivity index (χ1n) is 7.78. The van der Waals surface area contributed by atoms with E-state index in [0.29, 0.717) is 6.04 Å². The summed E-state index contributed by atoms with van der Waals surface area (Å²) in [5.74, 6) is 3.99. The van der Waals surface area contributed by atoms with E-state index in [-0.39, 0.29) is 0 Å². The molecule has 2 atom stereocenters. The van der Waals surface area contributed by atoms with Gasteiger partial charge in [0.2, 0.25) is 0 Å². The first-order chi connectivity index (χ1) is 9.13. The molecule has 1 aromatic rings. The molecule has 0 saturated carbocycles. The summed E-state index contributed by atoms with van der Waals surface area (Å²) in [5.41, 5.74) is 0. The highest BCUT2D eigenvalue weighted by molar-refractivity contribution is 5.02. The molecule has 0 spiro atoms. The normalized spacial score (nSPS) is 28.0. The lowest BCUT2D eigenvalue weighted by molar-refractivity contribution is 0.264. The molecule has 0 N–H and O–H groups in total. The largest absolute Gasteiger partial charge is 0.315 e. The molecular weight excluding hydrogens is 236 g/mol. The summed E-state index contributed by atoms with van der Waals surface area (Å²) in [6.45, 7) is 10.5. The molecule has 4 heteroatoms. The Labute approximate surface area is 116 Å². The molecule has 1 aromatic heterocycles. The predicted molar refractivity (Wildman–Crippen MR) is 76.0 cm³/mol. The number of hydrogen-bond donors (Lipinski definition) is 0. The van der Waals surface area contributed by atoms with Crippen LogP contribution in [0.25, 0.3) is 0 Å².